The van der Waals surface area contributed by atoms with Gasteiger partial charge in [0.2, 0.25) is 15.0 Å². The number of amides is 2. The molecule has 2 amide bonds. The second-order valence-corrected chi connectivity index (χ2v) is 11.4. The van der Waals surface area contributed by atoms with Gasteiger partial charge in [0, 0.05) is 61.9 Å². The number of hydrogen-bond acceptors (Lipinski definition) is 7. The first-order valence-corrected chi connectivity index (χ1v) is 12.3. The van der Waals surface area contributed by atoms with E-state index in [4.69, 9.17) is 15.4 Å². The van der Waals surface area contributed by atoms with Gasteiger partial charge in [0.25, 0.3) is 0 Å². The average molecular weight is 459 g/mol. The number of ether oxygens (including phenoxy) is 1. The third kappa shape index (κ3) is 5.75. The van der Waals surface area contributed by atoms with Crippen LogP contribution in [-0.4, -0.2) is 74.4 Å². The molecule has 2 aliphatic heterocycles. The smallest absolute Gasteiger partial charge is 0.410 e. The number of carbonyl (C=O) groups excluding carboxylic acids is 2. The summed E-state index contributed by atoms with van der Waals surface area (Å²) in [6, 6.07) is 3.55. The maximum absolute atomic E-state index is 12.6. The zero-order valence-corrected chi connectivity index (χ0v) is 18.9. The van der Waals surface area contributed by atoms with Crippen LogP contribution >= 0.6 is 10.7 Å². The van der Waals surface area contributed by atoms with Gasteiger partial charge in [0.1, 0.15) is 5.60 Å². The minimum absolute atomic E-state index is 0.132. The van der Waals surface area contributed by atoms with E-state index in [9.17, 15) is 18.0 Å². The maximum atomic E-state index is 12.6. The van der Waals surface area contributed by atoms with Crippen molar-refractivity contribution in [1.82, 2.24) is 9.88 Å². The van der Waals surface area contributed by atoms with E-state index in [2.05, 4.69) is 4.98 Å². The number of halogens is 1. The van der Waals surface area contributed by atoms with Gasteiger partial charge in [-0.05, 0) is 32.9 Å². The predicted molar refractivity (Wildman–Crippen MR) is 114 cm³/mol. The largest absolute Gasteiger partial charge is 0.444 e. The van der Waals surface area contributed by atoms with Crippen molar-refractivity contribution in [1.29, 1.82) is 0 Å². The summed E-state index contributed by atoms with van der Waals surface area (Å²) >= 11 is 0. The van der Waals surface area contributed by atoms with E-state index < -0.39 is 14.7 Å². The number of hydrogen-bond donors (Lipinski definition) is 0. The van der Waals surface area contributed by atoms with Crippen molar-refractivity contribution in [2.45, 2.75) is 32.8 Å². The number of pyridine rings is 1. The molecule has 3 heterocycles. The van der Waals surface area contributed by atoms with Crippen LogP contribution in [0.4, 0.5) is 16.3 Å². The highest BCUT2D eigenvalue weighted by atomic mass is 35.7. The molecule has 2 fully saturated rings. The molecule has 0 saturated carbocycles. The summed E-state index contributed by atoms with van der Waals surface area (Å²) in [5, 5.41) is 0. The Hall–Kier alpha value is -2.07. The van der Waals surface area contributed by atoms with E-state index in [0.717, 1.165) is 0 Å². The second kappa shape index (κ2) is 8.58. The Morgan fingerprint density at radius 2 is 1.93 bits per heavy atom. The van der Waals surface area contributed by atoms with Crippen molar-refractivity contribution >= 4 is 43.2 Å². The Labute approximate surface area is 181 Å². The normalized spacial score (nSPS) is 20.6. The first kappa shape index (κ1) is 22.6. The van der Waals surface area contributed by atoms with Gasteiger partial charge in [-0.1, -0.05) is 0 Å². The van der Waals surface area contributed by atoms with E-state index >= 15 is 0 Å². The van der Waals surface area contributed by atoms with Crippen molar-refractivity contribution in [2.24, 2.45) is 5.92 Å². The molecule has 3 rings (SSSR count). The number of anilines is 2. The van der Waals surface area contributed by atoms with Gasteiger partial charge in [0.05, 0.1) is 11.4 Å². The van der Waals surface area contributed by atoms with Gasteiger partial charge < -0.3 is 19.4 Å². The molecular weight excluding hydrogens is 432 g/mol. The summed E-state index contributed by atoms with van der Waals surface area (Å²) in [5.41, 5.74) is 0.0913. The van der Waals surface area contributed by atoms with Crippen LogP contribution in [0.1, 0.15) is 27.2 Å². The van der Waals surface area contributed by atoms with Crippen molar-refractivity contribution in [3.63, 3.8) is 0 Å². The highest BCUT2D eigenvalue weighted by Gasteiger charge is 2.35. The van der Waals surface area contributed by atoms with Crippen LogP contribution in [-0.2, 0) is 18.6 Å². The zero-order valence-electron chi connectivity index (χ0n) is 17.4. The minimum Gasteiger partial charge on any atom is -0.444 e. The molecule has 1 unspecified atom stereocenters. The number of piperazine rings is 1. The van der Waals surface area contributed by atoms with E-state index in [1.807, 2.05) is 25.7 Å². The van der Waals surface area contributed by atoms with Gasteiger partial charge >= 0.3 is 6.09 Å². The van der Waals surface area contributed by atoms with E-state index in [0.29, 0.717) is 37.7 Å². The zero-order chi connectivity index (χ0) is 22.1. The average Bonchev–Trinajstić information content (AvgIpc) is 2.98. The number of rotatable bonds is 4. The Morgan fingerprint density at radius 3 is 2.53 bits per heavy atom. The van der Waals surface area contributed by atoms with Crippen LogP contribution in [0, 0.1) is 5.92 Å². The van der Waals surface area contributed by atoms with E-state index in [1.54, 1.807) is 28.1 Å². The van der Waals surface area contributed by atoms with Gasteiger partial charge in [0.15, 0.2) is 5.82 Å². The number of aromatic nitrogens is 1. The molecule has 166 valence electrons. The summed E-state index contributed by atoms with van der Waals surface area (Å²) in [4.78, 5) is 34.6. The fourth-order valence-corrected chi connectivity index (χ4v) is 5.00. The molecule has 0 aliphatic carbocycles. The summed E-state index contributed by atoms with van der Waals surface area (Å²) in [6.45, 7) is 7.82. The van der Waals surface area contributed by atoms with Crippen molar-refractivity contribution in [3.8, 4) is 0 Å². The fourth-order valence-electron chi connectivity index (χ4n) is 3.68. The summed E-state index contributed by atoms with van der Waals surface area (Å²) in [5.74, 6) is -0.0934. The molecule has 0 bridgehead atoms. The molecule has 1 aromatic rings. The third-order valence-electron chi connectivity index (χ3n) is 4.93. The summed E-state index contributed by atoms with van der Waals surface area (Å²) in [6.07, 6.45) is 1.44. The Kier molecular flexibility index (Phi) is 6.47. The lowest BCUT2D eigenvalue weighted by molar-refractivity contribution is -0.117. The highest BCUT2D eigenvalue weighted by Crippen LogP contribution is 2.33. The molecule has 0 radical (unpaired) electrons. The van der Waals surface area contributed by atoms with E-state index in [1.165, 1.54) is 0 Å². The number of nitrogens with zero attached hydrogens (tertiary/aromatic N) is 4. The molecule has 2 saturated heterocycles. The first-order valence-electron chi connectivity index (χ1n) is 9.83. The van der Waals surface area contributed by atoms with Crippen LogP contribution in [0.3, 0.4) is 0 Å². The topological polar surface area (TPSA) is 100 Å². The lowest BCUT2D eigenvalue weighted by Crippen LogP contribution is -2.50. The molecule has 1 aromatic heterocycles. The SMILES string of the molecule is CC(C)(C)OC(=O)N1CCN(c2ncccc2N2CC(CS(=O)(=O)Cl)CC2=O)CC1. The van der Waals surface area contributed by atoms with Gasteiger partial charge in [-0.15, -0.1) is 0 Å². The maximum Gasteiger partial charge on any atom is 0.410 e. The van der Waals surface area contributed by atoms with Crippen LogP contribution in [0.15, 0.2) is 18.3 Å². The molecule has 2 aliphatic rings. The van der Waals surface area contributed by atoms with Crippen molar-refractivity contribution in [3.05, 3.63) is 18.3 Å². The fraction of sp³-hybridized carbons (Fsp3) is 0.632. The van der Waals surface area contributed by atoms with Gasteiger partial charge in [-0.25, -0.2) is 18.2 Å². The molecular formula is C19H27ClN4O5S. The van der Waals surface area contributed by atoms with Crippen LogP contribution in [0.5, 0.6) is 0 Å². The Balaban J connectivity index is 1.70. The molecule has 30 heavy (non-hydrogen) atoms. The first-order chi connectivity index (χ1) is 13.9. The Morgan fingerprint density at radius 1 is 1.27 bits per heavy atom. The summed E-state index contributed by atoms with van der Waals surface area (Å²) < 4.78 is 28.2. The van der Waals surface area contributed by atoms with Crippen molar-refractivity contribution in [2.75, 3.05) is 48.3 Å². The van der Waals surface area contributed by atoms with Gasteiger partial charge in [-0.3, -0.25) is 4.79 Å². The monoisotopic (exact) mass is 458 g/mol. The lowest BCUT2D eigenvalue weighted by Gasteiger charge is -2.37. The van der Waals surface area contributed by atoms with Crippen LogP contribution in [0.2, 0.25) is 0 Å². The standard InChI is InChI=1S/C19H27ClN4O5S/c1-19(2,3)29-18(26)23-9-7-22(8-10-23)17-15(5-4-6-21-17)24-12-14(11-16(24)25)13-30(20,27)28/h4-6,14H,7-13H2,1-3H3. The van der Waals surface area contributed by atoms with Crippen LogP contribution < -0.4 is 9.80 Å². The molecule has 9 nitrogen and oxygen atoms in total. The lowest BCUT2D eigenvalue weighted by atomic mass is 10.1. The third-order valence-corrected chi connectivity index (χ3v) is 6.18. The quantitative estimate of drug-likeness (QED) is 0.636. The van der Waals surface area contributed by atoms with Gasteiger partial charge in [-0.2, -0.15) is 0 Å². The van der Waals surface area contributed by atoms with Crippen LogP contribution in [0.25, 0.3) is 0 Å². The summed E-state index contributed by atoms with van der Waals surface area (Å²) in [7, 11) is 1.69. The Bertz CT molecular complexity index is 910. The number of carbonyl (C=O) groups is 2. The van der Waals surface area contributed by atoms with Crippen molar-refractivity contribution < 1.29 is 22.7 Å². The highest BCUT2D eigenvalue weighted by molar-refractivity contribution is 8.13. The molecule has 0 N–H and O–H groups in total. The molecule has 1 atom stereocenters. The predicted octanol–water partition coefficient (Wildman–Crippen LogP) is 2.06. The molecule has 0 aromatic carbocycles. The minimum atomic E-state index is -3.68. The second-order valence-electron chi connectivity index (χ2n) is 8.58. The van der Waals surface area contributed by atoms with E-state index in [-0.39, 0.29) is 36.6 Å². The molecule has 0 spiro atoms. The molecule has 11 heteroatoms.